The molecule has 128 valence electrons. The van der Waals surface area contributed by atoms with E-state index >= 15 is 0 Å². The highest BCUT2D eigenvalue weighted by atomic mass is 32.2. The molecule has 0 atom stereocenters. The molecule has 0 bridgehead atoms. The number of hydrogen-bond donors (Lipinski definition) is 1. The van der Waals surface area contributed by atoms with Crippen molar-refractivity contribution in [1.29, 1.82) is 0 Å². The maximum absolute atomic E-state index is 11.5. The van der Waals surface area contributed by atoms with E-state index in [9.17, 15) is 8.42 Å². The van der Waals surface area contributed by atoms with Gasteiger partial charge in [-0.05, 0) is 36.4 Å². The first kappa shape index (κ1) is 16.9. The van der Waals surface area contributed by atoms with Crippen LogP contribution >= 0.6 is 0 Å². The number of nitrogens with one attached hydrogen (secondary N) is 1. The SMILES string of the molecule is COc1ccccc1-c1cc(Nc2ccc(S(C)(=O)=O)cc2)ncn1. The Morgan fingerprint density at radius 2 is 1.72 bits per heavy atom. The van der Waals surface area contributed by atoms with Crippen LogP contribution in [-0.2, 0) is 9.84 Å². The van der Waals surface area contributed by atoms with Gasteiger partial charge in [-0.25, -0.2) is 18.4 Å². The zero-order chi connectivity index (χ0) is 17.9. The lowest BCUT2D eigenvalue weighted by Gasteiger charge is -2.10. The minimum absolute atomic E-state index is 0.274. The molecule has 2 aromatic carbocycles. The summed E-state index contributed by atoms with van der Waals surface area (Å²) in [5, 5.41) is 3.14. The van der Waals surface area contributed by atoms with Gasteiger partial charge < -0.3 is 10.1 Å². The zero-order valence-electron chi connectivity index (χ0n) is 13.8. The second kappa shape index (κ2) is 6.90. The zero-order valence-corrected chi connectivity index (χ0v) is 14.6. The lowest BCUT2D eigenvalue weighted by molar-refractivity contribution is 0.416. The lowest BCUT2D eigenvalue weighted by atomic mass is 10.1. The van der Waals surface area contributed by atoms with Gasteiger partial charge in [-0.15, -0.1) is 0 Å². The van der Waals surface area contributed by atoms with Crippen LogP contribution in [-0.4, -0.2) is 31.8 Å². The minimum Gasteiger partial charge on any atom is -0.496 e. The van der Waals surface area contributed by atoms with Crippen molar-refractivity contribution in [1.82, 2.24) is 9.97 Å². The molecule has 25 heavy (non-hydrogen) atoms. The van der Waals surface area contributed by atoms with E-state index in [0.29, 0.717) is 5.82 Å². The molecule has 0 aliphatic carbocycles. The Balaban J connectivity index is 1.87. The van der Waals surface area contributed by atoms with E-state index in [1.54, 1.807) is 31.4 Å². The molecule has 0 unspecified atom stereocenters. The predicted molar refractivity (Wildman–Crippen MR) is 96.9 cm³/mol. The molecule has 0 aliphatic rings. The third-order valence-electron chi connectivity index (χ3n) is 3.60. The number of rotatable bonds is 5. The van der Waals surface area contributed by atoms with Crippen LogP contribution in [0.4, 0.5) is 11.5 Å². The molecule has 0 radical (unpaired) electrons. The Hall–Kier alpha value is -2.93. The Labute approximate surface area is 146 Å². The van der Waals surface area contributed by atoms with Gasteiger partial charge in [0.25, 0.3) is 0 Å². The van der Waals surface area contributed by atoms with E-state index < -0.39 is 9.84 Å². The fourth-order valence-corrected chi connectivity index (χ4v) is 2.99. The molecule has 0 fully saturated rings. The molecule has 0 saturated heterocycles. The van der Waals surface area contributed by atoms with Crippen LogP contribution < -0.4 is 10.1 Å². The smallest absolute Gasteiger partial charge is 0.175 e. The van der Waals surface area contributed by atoms with Crippen molar-refractivity contribution in [3.63, 3.8) is 0 Å². The van der Waals surface area contributed by atoms with Crippen LogP contribution in [0.2, 0.25) is 0 Å². The maximum atomic E-state index is 11.5. The average Bonchev–Trinajstić information content (AvgIpc) is 2.61. The monoisotopic (exact) mass is 355 g/mol. The van der Waals surface area contributed by atoms with Crippen molar-refractivity contribution in [3.8, 4) is 17.0 Å². The van der Waals surface area contributed by atoms with Crippen molar-refractivity contribution < 1.29 is 13.2 Å². The normalized spacial score (nSPS) is 11.1. The molecule has 6 nitrogen and oxygen atoms in total. The molecule has 7 heteroatoms. The first-order valence-electron chi connectivity index (χ1n) is 7.50. The van der Waals surface area contributed by atoms with Crippen molar-refractivity contribution in [2.24, 2.45) is 0 Å². The summed E-state index contributed by atoms with van der Waals surface area (Å²) in [6.45, 7) is 0. The molecule has 1 aromatic heterocycles. The van der Waals surface area contributed by atoms with Crippen molar-refractivity contribution >= 4 is 21.3 Å². The van der Waals surface area contributed by atoms with E-state index in [2.05, 4.69) is 15.3 Å². The number of nitrogens with zero attached hydrogens (tertiary/aromatic N) is 2. The van der Waals surface area contributed by atoms with Gasteiger partial charge in [0.15, 0.2) is 9.84 Å². The van der Waals surface area contributed by atoms with Gasteiger partial charge in [-0.1, -0.05) is 12.1 Å². The Morgan fingerprint density at radius 1 is 1.00 bits per heavy atom. The van der Waals surface area contributed by atoms with Crippen LogP contribution in [0.5, 0.6) is 5.75 Å². The molecule has 1 heterocycles. The Morgan fingerprint density at radius 3 is 2.40 bits per heavy atom. The number of sulfone groups is 1. The quantitative estimate of drug-likeness (QED) is 0.756. The summed E-state index contributed by atoms with van der Waals surface area (Å²) in [5.74, 6) is 1.33. The largest absolute Gasteiger partial charge is 0.496 e. The minimum atomic E-state index is -3.21. The van der Waals surface area contributed by atoms with Crippen molar-refractivity contribution in [3.05, 3.63) is 60.9 Å². The van der Waals surface area contributed by atoms with Gasteiger partial charge in [0.05, 0.1) is 17.7 Å². The maximum Gasteiger partial charge on any atom is 0.175 e. The summed E-state index contributed by atoms with van der Waals surface area (Å²) >= 11 is 0. The molecule has 0 aliphatic heterocycles. The summed E-state index contributed by atoms with van der Waals surface area (Å²) in [5.41, 5.74) is 2.32. The molecule has 1 N–H and O–H groups in total. The molecular formula is C18H17N3O3S. The summed E-state index contributed by atoms with van der Waals surface area (Å²) in [6, 6.07) is 15.9. The van der Waals surface area contributed by atoms with Crippen molar-refractivity contribution in [2.45, 2.75) is 4.90 Å². The first-order valence-corrected chi connectivity index (χ1v) is 9.39. The second-order valence-electron chi connectivity index (χ2n) is 5.41. The van der Waals surface area contributed by atoms with E-state index in [1.165, 1.54) is 12.6 Å². The van der Waals surface area contributed by atoms with E-state index in [4.69, 9.17) is 4.74 Å². The van der Waals surface area contributed by atoms with Crippen LogP contribution in [0.25, 0.3) is 11.3 Å². The van der Waals surface area contributed by atoms with Gasteiger partial charge in [0.2, 0.25) is 0 Å². The highest BCUT2D eigenvalue weighted by Gasteiger charge is 2.09. The average molecular weight is 355 g/mol. The van der Waals surface area contributed by atoms with E-state index in [-0.39, 0.29) is 4.90 Å². The van der Waals surface area contributed by atoms with Crippen LogP contribution in [0, 0.1) is 0 Å². The predicted octanol–water partition coefficient (Wildman–Crippen LogP) is 3.30. The van der Waals surface area contributed by atoms with Gasteiger partial charge in [-0.3, -0.25) is 0 Å². The standard InChI is InChI=1S/C18H17N3O3S/c1-24-17-6-4-3-5-15(17)16-11-18(20-12-19-16)21-13-7-9-14(10-8-13)25(2,22)23/h3-12H,1-2H3,(H,19,20,21). The third-order valence-corrected chi connectivity index (χ3v) is 4.73. The van der Waals surface area contributed by atoms with Gasteiger partial charge in [0.1, 0.15) is 17.9 Å². The molecule has 0 amide bonds. The van der Waals surface area contributed by atoms with Gasteiger partial charge >= 0.3 is 0 Å². The number of hydrogen-bond acceptors (Lipinski definition) is 6. The molecule has 3 aromatic rings. The second-order valence-corrected chi connectivity index (χ2v) is 7.43. The van der Waals surface area contributed by atoms with Gasteiger partial charge in [0, 0.05) is 23.6 Å². The van der Waals surface area contributed by atoms with E-state index in [1.807, 2.05) is 30.3 Å². The fraction of sp³-hybridized carbons (Fsp3) is 0.111. The first-order chi connectivity index (χ1) is 12.0. The molecular weight excluding hydrogens is 338 g/mol. The van der Waals surface area contributed by atoms with Crippen molar-refractivity contribution in [2.75, 3.05) is 18.7 Å². The number of aromatic nitrogens is 2. The summed E-state index contributed by atoms with van der Waals surface area (Å²) in [4.78, 5) is 8.78. The Bertz CT molecular complexity index is 986. The summed E-state index contributed by atoms with van der Waals surface area (Å²) in [7, 11) is -1.60. The number of anilines is 2. The molecule has 0 spiro atoms. The van der Waals surface area contributed by atoms with Crippen LogP contribution in [0.1, 0.15) is 0 Å². The number of methoxy groups -OCH3 is 1. The summed E-state index contributed by atoms with van der Waals surface area (Å²) < 4.78 is 28.4. The number of para-hydroxylation sites is 1. The van der Waals surface area contributed by atoms with Gasteiger partial charge in [-0.2, -0.15) is 0 Å². The van der Waals surface area contributed by atoms with Crippen LogP contribution in [0.15, 0.2) is 65.8 Å². The highest BCUT2D eigenvalue weighted by molar-refractivity contribution is 7.90. The Kier molecular flexibility index (Phi) is 4.67. The third kappa shape index (κ3) is 3.95. The fourth-order valence-electron chi connectivity index (χ4n) is 2.36. The lowest BCUT2D eigenvalue weighted by Crippen LogP contribution is -1.99. The van der Waals surface area contributed by atoms with Crippen LogP contribution in [0.3, 0.4) is 0 Å². The molecule has 3 rings (SSSR count). The summed E-state index contributed by atoms with van der Waals surface area (Å²) in [6.07, 6.45) is 2.65. The molecule has 0 saturated carbocycles. The number of ether oxygens (including phenoxy) is 1. The van der Waals surface area contributed by atoms with E-state index in [0.717, 1.165) is 22.7 Å². The highest BCUT2D eigenvalue weighted by Crippen LogP contribution is 2.29. The topological polar surface area (TPSA) is 81.2 Å². The number of benzene rings is 2.